The highest BCUT2D eigenvalue weighted by Gasteiger charge is 2.79. The van der Waals surface area contributed by atoms with Gasteiger partial charge in [0.2, 0.25) is 0 Å². The molecule has 1 aliphatic heterocycles. The minimum absolute atomic E-state index is 0.205. The summed E-state index contributed by atoms with van der Waals surface area (Å²) in [7, 11) is 0. The lowest BCUT2D eigenvalue weighted by molar-refractivity contribution is -0.217. The third-order valence-electron chi connectivity index (χ3n) is 7.34. The van der Waals surface area contributed by atoms with Crippen LogP contribution in [-0.2, 0) is 19.1 Å². The molecule has 4 rings (SSSR count). The predicted molar refractivity (Wildman–Crippen MR) is 78.3 cm³/mol. The Morgan fingerprint density at radius 1 is 1.39 bits per heavy atom. The summed E-state index contributed by atoms with van der Waals surface area (Å²) in [6.45, 7) is 5.02. The minimum atomic E-state index is -1.17. The molecule has 6 heteroatoms. The van der Waals surface area contributed by atoms with Gasteiger partial charge in [0.05, 0.1) is 18.1 Å². The molecular weight excluding hydrogens is 300 g/mol. The highest BCUT2D eigenvalue weighted by molar-refractivity contribution is 5.95. The molecule has 3 saturated carbocycles. The van der Waals surface area contributed by atoms with Crippen LogP contribution in [0.1, 0.15) is 40.0 Å². The third kappa shape index (κ3) is 1.60. The van der Waals surface area contributed by atoms with E-state index in [9.17, 15) is 19.8 Å². The van der Waals surface area contributed by atoms with Gasteiger partial charge in [0, 0.05) is 12.3 Å². The lowest BCUT2D eigenvalue weighted by atomic mass is 9.52. The topological polar surface area (TPSA) is 93.1 Å². The normalized spacial score (nSPS) is 56.7. The van der Waals surface area contributed by atoms with Gasteiger partial charge in [-0.15, -0.1) is 0 Å². The van der Waals surface area contributed by atoms with Crippen LogP contribution in [0.4, 0.5) is 0 Å². The molecule has 1 saturated heterocycles. The van der Waals surface area contributed by atoms with Crippen molar-refractivity contribution >= 4 is 11.8 Å². The lowest BCUT2D eigenvalue weighted by Gasteiger charge is -2.55. The Hall–Kier alpha value is -0.980. The van der Waals surface area contributed by atoms with E-state index < -0.39 is 35.1 Å². The first-order valence-electron chi connectivity index (χ1n) is 8.37. The molecule has 3 aliphatic carbocycles. The van der Waals surface area contributed by atoms with Crippen LogP contribution in [0.15, 0.2) is 0 Å². The Bertz CT molecular complexity index is 590. The average Bonchev–Trinajstić information content (AvgIpc) is 3.16. The van der Waals surface area contributed by atoms with Crippen LogP contribution in [-0.4, -0.2) is 53.0 Å². The maximum atomic E-state index is 12.9. The summed E-state index contributed by atoms with van der Waals surface area (Å²) in [5.74, 6) is -0.486. The molecule has 0 aromatic carbocycles. The van der Waals surface area contributed by atoms with Crippen molar-refractivity contribution in [3.63, 3.8) is 0 Å². The summed E-state index contributed by atoms with van der Waals surface area (Å²) in [4.78, 5) is 24.5. The van der Waals surface area contributed by atoms with E-state index in [1.54, 1.807) is 6.92 Å². The van der Waals surface area contributed by atoms with E-state index in [1.807, 2.05) is 0 Å². The number of ether oxygens (including phenoxy) is 2. The summed E-state index contributed by atoms with van der Waals surface area (Å²) >= 11 is 0. The van der Waals surface area contributed by atoms with Crippen LogP contribution in [0.5, 0.6) is 0 Å². The van der Waals surface area contributed by atoms with Crippen LogP contribution in [0, 0.1) is 22.2 Å². The Morgan fingerprint density at radius 2 is 2.09 bits per heavy atom. The van der Waals surface area contributed by atoms with Gasteiger partial charge in [0.15, 0.2) is 5.78 Å². The number of Topliss-reactive ketones (excluding diaryl/α,β-unsaturated/α-hetero) is 1. The Morgan fingerprint density at radius 3 is 2.70 bits per heavy atom. The molecule has 0 radical (unpaired) electrons. The SMILES string of the molecule is CC(=O)O[C@@H]1[C@@H](O)[C@H]2O[C@@H]3[C@@H]4C[C@]4(C)CC[C@]3(CO)[C@]1(C)C2=O. The molecule has 0 unspecified atom stereocenters. The molecule has 8 atom stereocenters. The van der Waals surface area contributed by atoms with Gasteiger partial charge in [-0.05, 0) is 37.5 Å². The first kappa shape index (κ1) is 15.5. The number of carbonyl (C=O) groups is 2. The van der Waals surface area contributed by atoms with E-state index in [4.69, 9.17) is 9.47 Å². The Balaban J connectivity index is 1.83. The molecule has 0 aromatic heterocycles. The lowest BCUT2D eigenvalue weighted by Crippen LogP contribution is -2.64. The van der Waals surface area contributed by atoms with Crippen molar-refractivity contribution in [2.45, 2.75) is 64.4 Å². The molecular formula is C17H24O6. The van der Waals surface area contributed by atoms with Crippen molar-refractivity contribution in [2.24, 2.45) is 22.2 Å². The number of hydrogen-bond donors (Lipinski definition) is 2. The van der Waals surface area contributed by atoms with Gasteiger partial charge in [0.25, 0.3) is 0 Å². The third-order valence-corrected chi connectivity index (χ3v) is 7.34. The maximum Gasteiger partial charge on any atom is 0.303 e. The van der Waals surface area contributed by atoms with Crippen LogP contribution in [0.2, 0.25) is 0 Å². The fourth-order valence-electron chi connectivity index (χ4n) is 5.64. The number of fused-ring (bicyclic) bond motifs is 6. The van der Waals surface area contributed by atoms with Gasteiger partial charge in [-0.1, -0.05) is 6.92 Å². The largest absolute Gasteiger partial charge is 0.459 e. The number of esters is 1. The van der Waals surface area contributed by atoms with Crippen molar-refractivity contribution < 1.29 is 29.3 Å². The quantitative estimate of drug-likeness (QED) is 0.716. The molecule has 6 nitrogen and oxygen atoms in total. The highest BCUT2D eigenvalue weighted by Crippen LogP contribution is 2.72. The van der Waals surface area contributed by atoms with Crippen LogP contribution in [0.25, 0.3) is 0 Å². The van der Waals surface area contributed by atoms with Crippen LogP contribution in [0.3, 0.4) is 0 Å². The Kier molecular flexibility index (Phi) is 2.94. The van der Waals surface area contributed by atoms with Gasteiger partial charge in [-0.3, -0.25) is 9.59 Å². The first-order chi connectivity index (χ1) is 10.7. The van der Waals surface area contributed by atoms with Crippen LogP contribution < -0.4 is 0 Å². The summed E-state index contributed by atoms with van der Waals surface area (Å²) in [6, 6.07) is 0. The standard InChI is InChI=1S/C17H24O6/c1-8(19)22-14-10(20)11-12(21)16(14,3)17(7-18)5-4-15(2)6-9(15)13(17)23-11/h9-11,13-14,18,20H,4-7H2,1-3H3/t9-,10-,11+,13+,14+,15-,16+,17+/m0/s1. The molecule has 2 bridgehead atoms. The van der Waals surface area contributed by atoms with E-state index in [2.05, 4.69) is 6.92 Å². The zero-order valence-corrected chi connectivity index (χ0v) is 13.7. The number of aliphatic hydroxyl groups excluding tert-OH is 2. The van der Waals surface area contributed by atoms with E-state index in [0.717, 1.165) is 12.8 Å². The molecule has 0 amide bonds. The van der Waals surface area contributed by atoms with Crippen LogP contribution >= 0.6 is 0 Å². The smallest absolute Gasteiger partial charge is 0.303 e. The highest BCUT2D eigenvalue weighted by atomic mass is 16.6. The van der Waals surface area contributed by atoms with Crippen molar-refractivity contribution in [3.05, 3.63) is 0 Å². The van der Waals surface area contributed by atoms with Gasteiger partial charge in [-0.2, -0.15) is 0 Å². The number of hydrogen-bond acceptors (Lipinski definition) is 6. The number of rotatable bonds is 2. The molecule has 23 heavy (non-hydrogen) atoms. The first-order valence-corrected chi connectivity index (χ1v) is 8.37. The van der Waals surface area contributed by atoms with Gasteiger partial charge < -0.3 is 19.7 Å². The van der Waals surface area contributed by atoms with E-state index in [0.29, 0.717) is 12.3 Å². The van der Waals surface area contributed by atoms with Crippen molar-refractivity contribution in [1.29, 1.82) is 0 Å². The molecule has 1 heterocycles. The zero-order valence-electron chi connectivity index (χ0n) is 13.7. The summed E-state index contributed by atoms with van der Waals surface area (Å²) in [5, 5.41) is 20.8. The maximum absolute atomic E-state index is 12.9. The fourth-order valence-corrected chi connectivity index (χ4v) is 5.64. The van der Waals surface area contributed by atoms with Crippen molar-refractivity contribution in [1.82, 2.24) is 0 Å². The van der Waals surface area contributed by atoms with Crippen molar-refractivity contribution in [3.8, 4) is 0 Å². The molecule has 2 N–H and O–H groups in total. The number of ketones is 1. The molecule has 0 spiro atoms. The minimum Gasteiger partial charge on any atom is -0.459 e. The Labute approximate surface area is 135 Å². The molecule has 4 fully saturated rings. The van der Waals surface area contributed by atoms with Gasteiger partial charge >= 0.3 is 5.97 Å². The second kappa shape index (κ2) is 4.35. The zero-order chi connectivity index (χ0) is 16.8. The second-order valence-electron chi connectivity index (χ2n) is 8.34. The fraction of sp³-hybridized carbons (Fsp3) is 0.882. The monoisotopic (exact) mass is 324 g/mol. The predicted octanol–water partition coefficient (Wildman–Crippen LogP) is 0.434. The summed E-state index contributed by atoms with van der Waals surface area (Å²) < 4.78 is 11.4. The summed E-state index contributed by atoms with van der Waals surface area (Å²) in [6.07, 6.45) is -0.792. The van der Waals surface area contributed by atoms with E-state index in [1.165, 1.54) is 6.92 Å². The van der Waals surface area contributed by atoms with E-state index in [-0.39, 0.29) is 23.9 Å². The molecule has 128 valence electrons. The van der Waals surface area contributed by atoms with Gasteiger partial charge in [-0.25, -0.2) is 0 Å². The average molecular weight is 324 g/mol. The van der Waals surface area contributed by atoms with Gasteiger partial charge in [0.1, 0.15) is 18.3 Å². The summed E-state index contributed by atoms with van der Waals surface area (Å²) in [5.41, 5.74) is -1.69. The second-order valence-corrected chi connectivity index (χ2v) is 8.34. The molecule has 0 aromatic rings. The molecule has 4 aliphatic rings. The number of carbonyl (C=O) groups excluding carboxylic acids is 2. The van der Waals surface area contributed by atoms with Crippen molar-refractivity contribution in [2.75, 3.05) is 6.61 Å². The number of aliphatic hydroxyl groups is 2. The van der Waals surface area contributed by atoms with E-state index >= 15 is 0 Å².